The molecule has 2 heterocycles. The Labute approximate surface area is 104 Å². The molecule has 0 saturated carbocycles. The Balaban J connectivity index is 2.42. The van der Waals surface area contributed by atoms with E-state index >= 15 is 0 Å². The van der Waals surface area contributed by atoms with E-state index in [1.54, 1.807) is 10.8 Å². The zero-order valence-corrected chi connectivity index (χ0v) is 11.2. The van der Waals surface area contributed by atoms with Crippen LogP contribution in [0.1, 0.15) is 43.3 Å². The molecule has 0 aliphatic heterocycles. The van der Waals surface area contributed by atoms with Gasteiger partial charge in [0.1, 0.15) is 11.9 Å². The van der Waals surface area contributed by atoms with Gasteiger partial charge in [0.2, 0.25) is 0 Å². The third-order valence-corrected chi connectivity index (χ3v) is 3.35. The van der Waals surface area contributed by atoms with Crippen LogP contribution in [0.2, 0.25) is 0 Å². The molecule has 6 heteroatoms. The molecule has 0 saturated heterocycles. The van der Waals surface area contributed by atoms with Gasteiger partial charge in [-0.15, -0.1) is 5.10 Å². The summed E-state index contributed by atoms with van der Waals surface area (Å²) in [6.07, 6.45) is 2.72. The van der Waals surface area contributed by atoms with Gasteiger partial charge < -0.3 is 9.67 Å². The van der Waals surface area contributed by atoms with Crippen molar-refractivity contribution in [3.8, 4) is 0 Å². The van der Waals surface area contributed by atoms with Crippen LogP contribution in [-0.2, 0) is 12.5 Å². The number of hydrogen-bond acceptors (Lipinski definition) is 5. The molecule has 0 fully saturated rings. The minimum atomic E-state index is -0.760. The van der Waals surface area contributed by atoms with Crippen molar-refractivity contribution in [3.05, 3.63) is 28.8 Å². The fourth-order valence-corrected chi connectivity index (χ4v) is 2.50. The predicted octanol–water partition coefficient (Wildman–Crippen LogP) is 1.65. The summed E-state index contributed by atoms with van der Waals surface area (Å²) in [5.74, 6) is 0.613. The van der Waals surface area contributed by atoms with Crippen molar-refractivity contribution >= 4 is 11.5 Å². The fraction of sp³-hybridized carbons (Fsp3) is 0.545. The number of aryl methyl sites for hydroxylation is 1. The monoisotopic (exact) mass is 252 g/mol. The molecule has 1 atom stereocenters. The first kappa shape index (κ1) is 12.2. The number of imidazole rings is 1. The molecule has 0 spiro atoms. The summed E-state index contributed by atoms with van der Waals surface area (Å²) >= 11 is 1.23. The highest BCUT2D eigenvalue weighted by molar-refractivity contribution is 7.05. The standard InChI is InChI=1S/C11H16N4OS/c1-11(2,3)9-8(17-14-13-9)7(16)10-12-5-6-15(10)4/h5-7,16H,1-4H3. The highest BCUT2D eigenvalue weighted by Gasteiger charge is 2.28. The summed E-state index contributed by atoms with van der Waals surface area (Å²) in [6, 6.07) is 0. The first-order chi connectivity index (χ1) is 7.91. The van der Waals surface area contributed by atoms with E-state index in [0.29, 0.717) is 5.82 Å². The smallest absolute Gasteiger partial charge is 0.149 e. The van der Waals surface area contributed by atoms with Crippen LogP contribution >= 0.6 is 11.5 Å². The molecule has 0 aliphatic rings. The van der Waals surface area contributed by atoms with Crippen molar-refractivity contribution in [1.29, 1.82) is 0 Å². The number of aliphatic hydroxyl groups excluding tert-OH is 1. The van der Waals surface area contributed by atoms with Crippen molar-refractivity contribution in [1.82, 2.24) is 19.1 Å². The van der Waals surface area contributed by atoms with E-state index in [4.69, 9.17) is 0 Å². The van der Waals surface area contributed by atoms with Crippen LogP contribution in [0.4, 0.5) is 0 Å². The molecule has 0 radical (unpaired) electrons. The second-order valence-corrected chi connectivity index (χ2v) is 5.82. The molecule has 5 nitrogen and oxygen atoms in total. The highest BCUT2D eigenvalue weighted by atomic mass is 32.1. The van der Waals surface area contributed by atoms with Crippen molar-refractivity contribution in [2.45, 2.75) is 32.3 Å². The molecule has 0 bridgehead atoms. The molecule has 17 heavy (non-hydrogen) atoms. The molecule has 1 N–H and O–H groups in total. The van der Waals surface area contributed by atoms with E-state index in [9.17, 15) is 5.11 Å². The molecule has 0 amide bonds. The van der Waals surface area contributed by atoms with Gasteiger partial charge in [-0.1, -0.05) is 25.3 Å². The summed E-state index contributed by atoms with van der Waals surface area (Å²) in [5.41, 5.74) is 0.701. The van der Waals surface area contributed by atoms with E-state index in [1.807, 2.05) is 13.2 Å². The van der Waals surface area contributed by atoms with Gasteiger partial charge >= 0.3 is 0 Å². The average Bonchev–Trinajstić information content (AvgIpc) is 2.82. The SMILES string of the molecule is Cn1ccnc1C(O)c1snnc1C(C)(C)C. The summed E-state index contributed by atoms with van der Waals surface area (Å²) in [7, 11) is 1.86. The van der Waals surface area contributed by atoms with Crippen LogP contribution in [0.25, 0.3) is 0 Å². The molecule has 0 aromatic carbocycles. The minimum Gasteiger partial charge on any atom is -0.379 e. The maximum Gasteiger partial charge on any atom is 0.149 e. The van der Waals surface area contributed by atoms with Crippen molar-refractivity contribution in [2.75, 3.05) is 0 Å². The zero-order chi connectivity index (χ0) is 12.6. The average molecular weight is 252 g/mol. The van der Waals surface area contributed by atoms with Crippen molar-refractivity contribution < 1.29 is 5.11 Å². The quantitative estimate of drug-likeness (QED) is 0.882. The number of rotatable bonds is 2. The first-order valence-corrected chi connectivity index (χ1v) is 6.16. The minimum absolute atomic E-state index is 0.130. The van der Waals surface area contributed by atoms with E-state index in [0.717, 1.165) is 10.6 Å². The molecule has 2 aromatic heterocycles. The molecule has 1 unspecified atom stereocenters. The number of aromatic nitrogens is 4. The second kappa shape index (κ2) is 4.19. The van der Waals surface area contributed by atoms with Crippen LogP contribution in [0.5, 0.6) is 0 Å². The third kappa shape index (κ3) is 2.23. The molecule has 92 valence electrons. The molecule has 2 rings (SSSR count). The lowest BCUT2D eigenvalue weighted by molar-refractivity contribution is 0.207. The topological polar surface area (TPSA) is 63.8 Å². The van der Waals surface area contributed by atoms with Gasteiger partial charge in [-0.3, -0.25) is 0 Å². The highest BCUT2D eigenvalue weighted by Crippen LogP contribution is 2.32. The van der Waals surface area contributed by atoms with Gasteiger partial charge in [-0.05, 0) is 11.5 Å². The van der Waals surface area contributed by atoms with Crippen molar-refractivity contribution in [2.24, 2.45) is 7.05 Å². The predicted molar refractivity (Wildman–Crippen MR) is 65.9 cm³/mol. The second-order valence-electron chi connectivity index (χ2n) is 5.03. The van der Waals surface area contributed by atoms with Crippen LogP contribution in [-0.4, -0.2) is 24.2 Å². The zero-order valence-electron chi connectivity index (χ0n) is 10.4. The van der Waals surface area contributed by atoms with Gasteiger partial charge in [-0.25, -0.2) is 4.98 Å². The summed E-state index contributed by atoms with van der Waals surface area (Å²) in [4.78, 5) is 4.93. The largest absolute Gasteiger partial charge is 0.379 e. The maximum atomic E-state index is 10.3. The van der Waals surface area contributed by atoms with E-state index < -0.39 is 6.10 Å². The van der Waals surface area contributed by atoms with Crippen LogP contribution < -0.4 is 0 Å². The Kier molecular flexibility index (Phi) is 3.01. The fourth-order valence-electron chi connectivity index (χ4n) is 1.65. The molecular formula is C11H16N4OS. The number of hydrogen-bond donors (Lipinski definition) is 1. The Bertz CT molecular complexity index is 512. The summed E-state index contributed by atoms with van der Waals surface area (Å²) in [5, 5.41) is 14.5. The maximum absolute atomic E-state index is 10.3. The Morgan fingerprint density at radius 2 is 2.12 bits per heavy atom. The molecule has 0 aliphatic carbocycles. The molecule has 2 aromatic rings. The first-order valence-electron chi connectivity index (χ1n) is 5.39. The van der Waals surface area contributed by atoms with E-state index in [-0.39, 0.29) is 5.41 Å². The van der Waals surface area contributed by atoms with Crippen LogP contribution in [0.15, 0.2) is 12.4 Å². The normalized spacial score (nSPS) is 13.9. The number of nitrogens with zero attached hydrogens (tertiary/aromatic N) is 4. The van der Waals surface area contributed by atoms with Gasteiger partial charge in [0.05, 0.1) is 10.6 Å². The summed E-state index contributed by atoms with van der Waals surface area (Å²) in [6.45, 7) is 6.16. The van der Waals surface area contributed by atoms with E-state index in [2.05, 4.69) is 35.3 Å². The Morgan fingerprint density at radius 3 is 2.65 bits per heavy atom. The van der Waals surface area contributed by atoms with Gasteiger partial charge in [-0.2, -0.15) is 0 Å². The summed E-state index contributed by atoms with van der Waals surface area (Å²) < 4.78 is 5.75. The van der Waals surface area contributed by atoms with E-state index in [1.165, 1.54) is 11.5 Å². The van der Waals surface area contributed by atoms with Gasteiger partial charge in [0.25, 0.3) is 0 Å². The van der Waals surface area contributed by atoms with Crippen LogP contribution in [0, 0.1) is 0 Å². The van der Waals surface area contributed by atoms with Gasteiger partial charge in [0, 0.05) is 24.9 Å². The lowest BCUT2D eigenvalue weighted by atomic mass is 9.90. The lowest BCUT2D eigenvalue weighted by Crippen LogP contribution is -2.17. The molecular weight excluding hydrogens is 236 g/mol. The van der Waals surface area contributed by atoms with Crippen LogP contribution in [0.3, 0.4) is 0 Å². The third-order valence-electron chi connectivity index (χ3n) is 2.58. The van der Waals surface area contributed by atoms with Gasteiger partial charge in [0.15, 0.2) is 0 Å². The Hall–Kier alpha value is -1.27. The Morgan fingerprint density at radius 1 is 1.41 bits per heavy atom. The number of aliphatic hydroxyl groups is 1. The lowest BCUT2D eigenvalue weighted by Gasteiger charge is -2.18. The van der Waals surface area contributed by atoms with Crippen molar-refractivity contribution in [3.63, 3.8) is 0 Å².